The minimum absolute atomic E-state index is 0.00263. The fourth-order valence-corrected chi connectivity index (χ4v) is 5.66. The summed E-state index contributed by atoms with van der Waals surface area (Å²) in [5.74, 6) is -0.953. The van der Waals surface area contributed by atoms with Crippen LogP contribution in [0.3, 0.4) is 0 Å². The Hall–Kier alpha value is -3.70. The number of hydrogen-bond acceptors (Lipinski definition) is 5. The van der Waals surface area contributed by atoms with Gasteiger partial charge in [-0.25, -0.2) is 4.68 Å². The first-order valence-corrected chi connectivity index (χ1v) is 13.7. The molecule has 0 saturated heterocycles. The molecule has 2 aromatic carbocycles. The number of fused-ring (bicyclic) bond motifs is 3. The summed E-state index contributed by atoms with van der Waals surface area (Å²) in [6, 6.07) is 9.13. The smallest absolute Gasteiger partial charge is 0.387 e. The van der Waals surface area contributed by atoms with E-state index in [9.17, 15) is 23.2 Å². The SMILES string of the molecule is CNC(=O)[C@@H]1CN([C@@H](C)c2ccc(OC(F)F)cc2)C(=O)c2c3c(nn21)C[C@@H](C)N(C(=O)c1ccc(Cl)c(Cl)c1)C3. The standard InChI is InChI=1S/C28H27Cl2F2N5O4/c1-14-10-22-19(12-35(14)26(39)17-6-9-20(29)21(30)11-17)24-27(40)36(13-23(25(38)33-3)37(24)34-22)15(2)16-4-7-18(8-5-16)41-28(31)32/h4-9,11,14-15,23,28H,10,12-13H2,1-3H3,(H,33,38)/t14-,15+,23+/m1/s1. The summed E-state index contributed by atoms with van der Waals surface area (Å²) < 4.78 is 31.1. The number of halogens is 4. The molecule has 2 aliphatic heterocycles. The third-order valence-electron chi connectivity index (χ3n) is 7.60. The fraction of sp³-hybridized carbons (Fsp3) is 0.357. The van der Waals surface area contributed by atoms with Gasteiger partial charge in [0.1, 0.15) is 17.5 Å². The van der Waals surface area contributed by atoms with Gasteiger partial charge in [0.25, 0.3) is 11.8 Å². The molecule has 2 aliphatic rings. The Morgan fingerprint density at radius 2 is 1.83 bits per heavy atom. The van der Waals surface area contributed by atoms with E-state index < -0.39 is 18.7 Å². The van der Waals surface area contributed by atoms with E-state index in [1.54, 1.807) is 41.0 Å². The first-order chi connectivity index (χ1) is 19.5. The molecular formula is C28H27Cl2F2N5O4. The van der Waals surface area contributed by atoms with Crippen LogP contribution < -0.4 is 10.1 Å². The molecule has 0 bridgehead atoms. The molecule has 1 aromatic heterocycles. The van der Waals surface area contributed by atoms with Gasteiger partial charge in [-0.1, -0.05) is 35.3 Å². The van der Waals surface area contributed by atoms with Gasteiger partial charge in [-0.3, -0.25) is 14.4 Å². The number of ether oxygens (including phenoxy) is 1. The van der Waals surface area contributed by atoms with E-state index in [2.05, 4.69) is 15.2 Å². The Morgan fingerprint density at radius 3 is 2.46 bits per heavy atom. The van der Waals surface area contributed by atoms with Crippen molar-refractivity contribution < 1.29 is 27.9 Å². The number of alkyl halides is 2. The van der Waals surface area contributed by atoms with Crippen LogP contribution in [-0.2, 0) is 17.8 Å². The average Bonchev–Trinajstić information content (AvgIpc) is 3.31. The Kier molecular flexibility index (Phi) is 7.93. The summed E-state index contributed by atoms with van der Waals surface area (Å²) in [5, 5.41) is 7.92. The number of hydrogen-bond donors (Lipinski definition) is 1. The maximum Gasteiger partial charge on any atom is 0.387 e. The van der Waals surface area contributed by atoms with Gasteiger partial charge in [-0.05, 0) is 49.7 Å². The molecular weight excluding hydrogens is 579 g/mol. The summed E-state index contributed by atoms with van der Waals surface area (Å²) in [7, 11) is 1.51. The molecule has 0 spiro atoms. The summed E-state index contributed by atoms with van der Waals surface area (Å²) in [4.78, 5) is 43.7. The second-order valence-electron chi connectivity index (χ2n) is 10.0. The number of carbonyl (C=O) groups excluding carboxylic acids is 3. The topological polar surface area (TPSA) is 96.8 Å². The summed E-state index contributed by atoms with van der Waals surface area (Å²) in [6.07, 6.45) is 0.386. The lowest BCUT2D eigenvalue weighted by Crippen LogP contribution is -2.49. The molecule has 13 heteroatoms. The van der Waals surface area contributed by atoms with Crippen molar-refractivity contribution in [2.45, 2.75) is 51.6 Å². The fourth-order valence-electron chi connectivity index (χ4n) is 5.37. The van der Waals surface area contributed by atoms with Gasteiger partial charge < -0.3 is 19.9 Å². The molecule has 216 valence electrons. The molecule has 0 radical (unpaired) electrons. The monoisotopic (exact) mass is 605 g/mol. The predicted octanol–water partition coefficient (Wildman–Crippen LogP) is 4.88. The van der Waals surface area contributed by atoms with Crippen LogP contribution in [0, 0.1) is 0 Å². The van der Waals surface area contributed by atoms with E-state index in [0.29, 0.717) is 33.8 Å². The van der Waals surface area contributed by atoms with E-state index in [1.165, 1.54) is 29.9 Å². The Morgan fingerprint density at radius 1 is 1.12 bits per heavy atom. The van der Waals surface area contributed by atoms with Crippen molar-refractivity contribution in [1.29, 1.82) is 0 Å². The molecule has 0 saturated carbocycles. The lowest BCUT2D eigenvalue weighted by molar-refractivity contribution is -0.125. The normalized spacial score (nSPS) is 19.1. The first kappa shape index (κ1) is 28.8. The molecule has 9 nitrogen and oxygen atoms in total. The second-order valence-corrected chi connectivity index (χ2v) is 10.9. The van der Waals surface area contributed by atoms with Crippen LogP contribution in [0.15, 0.2) is 42.5 Å². The van der Waals surface area contributed by atoms with E-state index in [1.807, 2.05) is 6.92 Å². The van der Waals surface area contributed by atoms with Crippen LogP contribution in [0.5, 0.6) is 5.75 Å². The van der Waals surface area contributed by atoms with Crippen LogP contribution in [0.2, 0.25) is 10.0 Å². The number of rotatable bonds is 6. The Labute approximate surface area is 244 Å². The minimum atomic E-state index is -2.95. The highest BCUT2D eigenvalue weighted by molar-refractivity contribution is 6.42. The van der Waals surface area contributed by atoms with Crippen LogP contribution in [0.1, 0.15) is 63.6 Å². The van der Waals surface area contributed by atoms with Gasteiger partial charge in [0, 0.05) is 30.6 Å². The molecule has 0 aliphatic carbocycles. The van der Waals surface area contributed by atoms with Gasteiger partial charge in [0.2, 0.25) is 5.91 Å². The minimum Gasteiger partial charge on any atom is -0.435 e. The number of likely N-dealkylation sites (N-methyl/N-ethyl adjacent to an activating group) is 1. The molecule has 0 unspecified atom stereocenters. The largest absolute Gasteiger partial charge is 0.435 e. The molecule has 1 N–H and O–H groups in total. The van der Waals surface area contributed by atoms with Crippen molar-refractivity contribution in [2.75, 3.05) is 13.6 Å². The maximum absolute atomic E-state index is 14.0. The van der Waals surface area contributed by atoms with Crippen molar-refractivity contribution in [3.05, 3.63) is 80.6 Å². The van der Waals surface area contributed by atoms with Crippen molar-refractivity contribution in [3.63, 3.8) is 0 Å². The van der Waals surface area contributed by atoms with Crippen LogP contribution >= 0.6 is 23.2 Å². The summed E-state index contributed by atoms with van der Waals surface area (Å²) >= 11 is 12.2. The van der Waals surface area contributed by atoms with Crippen molar-refractivity contribution >= 4 is 40.9 Å². The van der Waals surface area contributed by atoms with Gasteiger partial charge >= 0.3 is 6.61 Å². The number of amides is 3. The molecule has 3 amide bonds. The molecule has 5 rings (SSSR count). The maximum atomic E-state index is 14.0. The zero-order chi connectivity index (χ0) is 29.6. The van der Waals surface area contributed by atoms with E-state index in [4.69, 9.17) is 23.2 Å². The third-order valence-corrected chi connectivity index (χ3v) is 8.34. The highest BCUT2D eigenvalue weighted by atomic mass is 35.5. The number of carbonyl (C=O) groups is 3. The summed E-state index contributed by atoms with van der Waals surface area (Å²) in [6.45, 7) is 0.892. The zero-order valence-corrected chi connectivity index (χ0v) is 23.9. The highest BCUT2D eigenvalue weighted by Gasteiger charge is 2.43. The van der Waals surface area contributed by atoms with Gasteiger partial charge in [-0.15, -0.1) is 0 Å². The Bertz CT molecular complexity index is 1510. The molecule has 0 fully saturated rings. The van der Waals surface area contributed by atoms with Crippen molar-refractivity contribution in [2.24, 2.45) is 0 Å². The van der Waals surface area contributed by atoms with E-state index in [-0.39, 0.29) is 53.3 Å². The summed E-state index contributed by atoms with van der Waals surface area (Å²) in [5.41, 5.74) is 2.49. The Balaban J connectivity index is 1.50. The van der Waals surface area contributed by atoms with Gasteiger partial charge in [0.05, 0.1) is 34.9 Å². The van der Waals surface area contributed by atoms with Crippen molar-refractivity contribution in [3.8, 4) is 5.75 Å². The zero-order valence-electron chi connectivity index (χ0n) is 22.4. The third kappa shape index (κ3) is 5.36. The lowest BCUT2D eigenvalue weighted by atomic mass is 9.96. The average molecular weight is 606 g/mol. The van der Waals surface area contributed by atoms with E-state index >= 15 is 0 Å². The molecule has 3 atom stereocenters. The first-order valence-electron chi connectivity index (χ1n) is 12.9. The number of benzene rings is 2. The molecule has 3 aromatic rings. The molecule has 41 heavy (non-hydrogen) atoms. The van der Waals surface area contributed by atoms with Gasteiger partial charge in [-0.2, -0.15) is 13.9 Å². The van der Waals surface area contributed by atoms with Crippen LogP contribution in [0.25, 0.3) is 0 Å². The van der Waals surface area contributed by atoms with Gasteiger partial charge in [0.15, 0.2) is 0 Å². The highest BCUT2D eigenvalue weighted by Crippen LogP contribution is 2.36. The predicted molar refractivity (Wildman–Crippen MR) is 147 cm³/mol. The quantitative estimate of drug-likeness (QED) is 0.432. The van der Waals surface area contributed by atoms with Crippen molar-refractivity contribution in [1.82, 2.24) is 24.9 Å². The lowest BCUT2D eigenvalue weighted by Gasteiger charge is -2.38. The number of nitrogens with one attached hydrogen (secondary N) is 1. The molecule has 3 heterocycles. The van der Waals surface area contributed by atoms with Crippen LogP contribution in [-0.4, -0.2) is 63.5 Å². The number of aromatic nitrogens is 2. The van der Waals surface area contributed by atoms with E-state index in [0.717, 1.165) is 0 Å². The number of nitrogens with zero attached hydrogens (tertiary/aromatic N) is 4. The second kappa shape index (κ2) is 11.3. The van der Waals surface area contributed by atoms with Crippen LogP contribution in [0.4, 0.5) is 8.78 Å².